The Labute approximate surface area is 173 Å². The van der Waals surface area contributed by atoms with Crippen molar-refractivity contribution in [2.45, 2.75) is 38.5 Å². The van der Waals surface area contributed by atoms with E-state index in [4.69, 9.17) is 4.74 Å². The third-order valence-electron chi connectivity index (χ3n) is 5.49. The van der Waals surface area contributed by atoms with Gasteiger partial charge in [0.2, 0.25) is 0 Å². The first-order valence-corrected chi connectivity index (χ1v) is 9.84. The summed E-state index contributed by atoms with van der Waals surface area (Å²) in [5.74, 6) is 0.174. The maximum Gasteiger partial charge on any atom is 0.522 e. The molecule has 1 aliphatic heterocycles. The maximum atomic E-state index is 12.9. The van der Waals surface area contributed by atoms with Gasteiger partial charge in [0, 0.05) is 13.1 Å². The Balaban J connectivity index is 1.56. The number of benzene rings is 1. The third kappa shape index (κ3) is 5.50. The molecule has 30 heavy (non-hydrogen) atoms. The number of hydrogen-bond acceptors (Lipinski definition) is 4. The summed E-state index contributed by atoms with van der Waals surface area (Å²) in [6, 6.07) is 13.4. The van der Waals surface area contributed by atoms with Crippen LogP contribution in [0.3, 0.4) is 0 Å². The first-order chi connectivity index (χ1) is 14.2. The van der Waals surface area contributed by atoms with E-state index in [1.807, 2.05) is 18.2 Å². The number of likely N-dealkylation sites (tertiary alicyclic amines) is 1. The summed E-state index contributed by atoms with van der Waals surface area (Å²) in [7, 11) is 0. The van der Waals surface area contributed by atoms with Crippen LogP contribution in [0.25, 0.3) is 0 Å². The lowest BCUT2D eigenvalue weighted by molar-refractivity contribution is -0.325. The van der Waals surface area contributed by atoms with Crippen LogP contribution in [0.5, 0.6) is 5.75 Å². The first-order valence-electron chi connectivity index (χ1n) is 9.84. The van der Waals surface area contributed by atoms with E-state index in [1.54, 1.807) is 24.0 Å². The summed E-state index contributed by atoms with van der Waals surface area (Å²) >= 11 is 0. The van der Waals surface area contributed by atoms with Crippen LogP contribution in [0.15, 0.2) is 42.5 Å². The van der Waals surface area contributed by atoms with E-state index in [0.29, 0.717) is 30.2 Å². The van der Waals surface area contributed by atoms with Crippen LogP contribution < -0.4 is 4.74 Å². The lowest BCUT2D eigenvalue weighted by Gasteiger charge is -2.39. The molecular weight excluding hydrogens is 397 g/mol. The Morgan fingerprint density at radius 1 is 1.10 bits per heavy atom. The fourth-order valence-electron chi connectivity index (χ4n) is 3.62. The quantitative estimate of drug-likeness (QED) is 0.644. The van der Waals surface area contributed by atoms with Gasteiger partial charge in [0.05, 0.1) is 12.3 Å². The van der Waals surface area contributed by atoms with Gasteiger partial charge in [-0.15, -0.1) is 13.2 Å². The van der Waals surface area contributed by atoms with Gasteiger partial charge in [0.25, 0.3) is 5.91 Å². The minimum atomic E-state index is -4.68. The van der Waals surface area contributed by atoms with Gasteiger partial charge in [0.1, 0.15) is 18.1 Å². The normalized spacial score (nSPS) is 16.4. The van der Waals surface area contributed by atoms with E-state index in [1.165, 1.54) is 5.56 Å². The van der Waals surface area contributed by atoms with E-state index >= 15 is 0 Å². The molecule has 1 saturated heterocycles. The number of carbonyl (C=O) groups is 1. The highest BCUT2D eigenvalue weighted by Gasteiger charge is 2.34. The average Bonchev–Trinajstić information content (AvgIpc) is 2.72. The zero-order chi connectivity index (χ0) is 21.8. The van der Waals surface area contributed by atoms with Gasteiger partial charge >= 0.3 is 6.36 Å². The highest BCUT2D eigenvalue weighted by atomic mass is 19.4. The Hall–Kier alpha value is -2.61. The summed E-state index contributed by atoms with van der Waals surface area (Å²) in [6.07, 6.45) is -2.96. The van der Waals surface area contributed by atoms with Gasteiger partial charge in [-0.3, -0.25) is 9.53 Å². The van der Waals surface area contributed by atoms with E-state index < -0.39 is 13.0 Å². The van der Waals surface area contributed by atoms with Crippen LogP contribution in [-0.4, -0.2) is 48.5 Å². The summed E-state index contributed by atoms with van der Waals surface area (Å²) < 4.78 is 44.9. The Morgan fingerprint density at radius 2 is 1.77 bits per heavy atom. The highest BCUT2D eigenvalue weighted by molar-refractivity contribution is 5.92. The molecule has 1 fully saturated rings. The molecule has 0 atom stereocenters. The topological polar surface area (TPSA) is 51.7 Å². The lowest BCUT2D eigenvalue weighted by atomic mass is 9.74. The summed E-state index contributed by atoms with van der Waals surface area (Å²) in [5, 5.41) is 0. The van der Waals surface area contributed by atoms with Crippen molar-refractivity contribution in [3.05, 3.63) is 59.4 Å². The number of carbonyl (C=O) groups excluding carboxylic acids is 1. The maximum absolute atomic E-state index is 12.9. The minimum absolute atomic E-state index is 0.0393. The molecule has 0 aliphatic carbocycles. The molecule has 0 saturated carbocycles. The Morgan fingerprint density at radius 3 is 2.37 bits per heavy atom. The minimum Gasteiger partial charge on any atom is -0.489 e. The average molecular weight is 422 g/mol. The molecule has 1 aliphatic rings. The van der Waals surface area contributed by atoms with E-state index in [-0.39, 0.29) is 17.9 Å². The molecule has 162 valence electrons. The third-order valence-corrected chi connectivity index (χ3v) is 5.49. The molecule has 0 bridgehead atoms. The van der Waals surface area contributed by atoms with Crippen molar-refractivity contribution in [1.29, 1.82) is 0 Å². The molecule has 0 unspecified atom stereocenters. The van der Waals surface area contributed by atoms with E-state index in [0.717, 1.165) is 12.8 Å². The molecule has 8 heteroatoms. The largest absolute Gasteiger partial charge is 0.522 e. The van der Waals surface area contributed by atoms with Gasteiger partial charge in [-0.2, -0.15) is 0 Å². The van der Waals surface area contributed by atoms with Crippen molar-refractivity contribution in [3.63, 3.8) is 0 Å². The second-order valence-corrected chi connectivity index (χ2v) is 7.64. The molecule has 3 rings (SSSR count). The number of alkyl halides is 3. The van der Waals surface area contributed by atoms with Gasteiger partial charge in [-0.25, -0.2) is 4.98 Å². The molecule has 1 aromatic heterocycles. The van der Waals surface area contributed by atoms with Gasteiger partial charge < -0.3 is 9.64 Å². The van der Waals surface area contributed by atoms with E-state index in [2.05, 4.69) is 28.8 Å². The molecule has 2 aromatic rings. The van der Waals surface area contributed by atoms with Crippen LogP contribution in [0.4, 0.5) is 13.2 Å². The van der Waals surface area contributed by atoms with Crippen molar-refractivity contribution in [1.82, 2.24) is 9.88 Å². The summed E-state index contributed by atoms with van der Waals surface area (Å²) in [6.45, 7) is 4.27. The second kappa shape index (κ2) is 9.04. The molecule has 5 nitrogen and oxygen atoms in total. The predicted molar refractivity (Wildman–Crippen MR) is 105 cm³/mol. The zero-order valence-electron chi connectivity index (χ0n) is 17.0. The highest BCUT2D eigenvalue weighted by Crippen LogP contribution is 2.35. The van der Waals surface area contributed by atoms with Crippen molar-refractivity contribution in [2.75, 3.05) is 26.3 Å². The molecular formula is C22H25F3N2O3. The number of ether oxygens (including phenoxy) is 2. The summed E-state index contributed by atoms with van der Waals surface area (Å²) in [5.41, 5.74) is 2.06. The summed E-state index contributed by atoms with van der Waals surface area (Å²) in [4.78, 5) is 18.9. The van der Waals surface area contributed by atoms with Crippen molar-refractivity contribution in [3.8, 4) is 5.75 Å². The predicted octanol–water partition coefficient (Wildman–Crippen LogP) is 4.50. The number of aryl methyl sites for hydroxylation is 1. The molecule has 2 heterocycles. The van der Waals surface area contributed by atoms with Crippen LogP contribution in [-0.2, 0) is 10.2 Å². The van der Waals surface area contributed by atoms with Crippen molar-refractivity contribution < 1.29 is 27.4 Å². The van der Waals surface area contributed by atoms with Crippen LogP contribution in [0.1, 0.15) is 41.5 Å². The number of piperidine rings is 1. The number of nitrogens with zero attached hydrogens (tertiary/aromatic N) is 2. The van der Waals surface area contributed by atoms with Gasteiger partial charge in [0.15, 0.2) is 0 Å². The van der Waals surface area contributed by atoms with Gasteiger partial charge in [-0.05, 0) is 42.9 Å². The number of aromatic nitrogens is 1. The molecule has 1 amide bonds. The number of hydrogen-bond donors (Lipinski definition) is 0. The fourth-order valence-corrected chi connectivity index (χ4v) is 3.62. The Kier molecular flexibility index (Phi) is 6.65. The second-order valence-electron chi connectivity index (χ2n) is 7.64. The number of pyridine rings is 1. The lowest BCUT2D eigenvalue weighted by Crippen LogP contribution is -2.44. The van der Waals surface area contributed by atoms with Crippen LogP contribution in [0.2, 0.25) is 0 Å². The SMILES string of the molecule is Cc1nc(C(=O)N2CCC(C)(c3ccccc3)CC2)ccc1OCCOC(F)(F)F. The standard InChI is InChI=1S/C22H25F3N2O3/c1-16-19(29-14-15-30-22(23,24)25)9-8-18(26-16)20(28)27-12-10-21(2,11-13-27)17-6-4-3-5-7-17/h3-9H,10-15H2,1-2H3. The monoisotopic (exact) mass is 422 g/mol. The fraction of sp³-hybridized carbons (Fsp3) is 0.455. The number of rotatable bonds is 6. The molecule has 0 spiro atoms. The van der Waals surface area contributed by atoms with Crippen molar-refractivity contribution in [2.24, 2.45) is 0 Å². The van der Waals surface area contributed by atoms with Crippen LogP contribution in [0, 0.1) is 6.92 Å². The number of halogens is 3. The smallest absolute Gasteiger partial charge is 0.489 e. The molecule has 0 N–H and O–H groups in total. The zero-order valence-corrected chi connectivity index (χ0v) is 17.0. The van der Waals surface area contributed by atoms with Crippen LogP contribution >= 0.6 is 0 Å². The van der Waals surface area contributed by atoms with Gasteiger partial charge in [-0.1, -0.05) is 37.3 Å². The van der Waals surface area contributed by atoms with Crippen molar-refractivity contribution >= 4 is 5.91 Å². The molecule has 0 radical (unpaired) electrons. The first kappa shape index (κ1) is 22.1. The number of amides is 1. The Bertz CT molecular complexity index is 864. The molecule has 1 aromatic carbocycles. The van der Waals surface area contributed by atoms with E-state index in [9.17, 15) is 18.0 Å².